The Kier molecular flexibility index (Phi) is 2.34. The molecule has 112 valence electrons. The van der Waals surface area contributed by atoms with Crippen molar-refractivity contribution in [3.63, 3.8) is 0 Å². The van der Waals surface area contributed by atoms with Crippen molar-refractivity contribution in [2.24, 2.45) is 0 Å². The number of nitrogens with one attached hydrogen (secondary N) is 1. The fraction of sp³-hybridized carbons (Fsp3) is 0.333. The summed E-state index contributed by atoms with van der Waals surface area (Å²) < 4.78 is 11.5. The van der Waals surface area contributed by atoms with Crippen LogP contribution in [0.1, 0.15) is 23.1 Å². The van der Waals surface area contributed by atoms with E-state index >= 15 is 0 Å². The minimum Gasteiger partial charge on any atom is -0.493 e. The van der Waals surface area contributed by atoms with Gasteiger partial charge in [-0.3, -0.25) is 0 Å². The Morgan fingerprint density at radius 2 is 1.91 bits per heavy atom. The maximum atomic E-state index is 10.8. The fourth-order valence-corrected chi connectivity index (χ4v) is 4.11. The minimum absolute atomic E-state index is 0.429. The number of fused-ring (bicyclic) bond motifs is 5. The van der Waals surface area contributed by atoms with Crippen molar-refractivity contribution in [1.29, 1.82) is 0 Å². The Hall–Kier alpha value is -2.20. The van der Waals surface area contributed by atoms with Gasteiger partial charge in [0.15, 0.2) is 0 Å². The number of hydrogen-bond donors (Lipinski definition) is 2. The van der Waals surface area contributed by atoms with E-state index < -0.39 is 11.6 Å². The van der Waals surface area contributed by atoms with Gasteiger partial charge in [-0.05, 0) is 29.7 Å². The molecular formula is C18H17NO3. The van der Waals surface area contributed by atoms with Gasteiger partial charge in [0.1, 0.15) is 17.7 Å². The van der Waals surface area contributed by atoms with E-state index in [9.17, 15) is 5.11 Å². The Morgan fingerprint density at radius 1 is 1.05 bits per heavy atom. The molecule has 0 saturated carbocycles. The predicted octanol–water partition coefficient (Wildman–Crippen LogP) is 2.43. The van der Waals surface area contributed by atoms with E-state index in [0.717, 1.165) is 47.8 Å². The Labute approximate surface area is 128 Å². The molecule has 2 aromatic rings. The third-order valence-corrected chi connectivity index (χ3v) is 5.19. The summed E-state index contributed by atoms with van der Waals surface area (Å²) in [5, 5.41) is 14.1. The highest BCUT2D eigenvalue weighted by molar-refractivity contribution is 5.68. The molecule has 3 aliphatic heterocycles. The molecule has 0 aliphatic carbocycles. The zero-order valence-electron chi connectivity index (χ0n) is 12.1. The van der Waals surface area contributed by atoms with Crippen LogP contribution >= 0.6 is 0 Å². The number of benzene rings is 2. The van der Waals surface area contributed by atoms with Crippen LogP contribution in [0.4, 0.5) is 5.69 Å². The van der Waals surface area contributed by atoms with Crippen LogP contribution < -0.4 is 14.8 Å². The van der Waals surface area contributed by atoms with Crippen molar-refractivity contribution in [3.05, 3.63) is 53.1 Å². The number of aliphatic hydroxyl groups excluding tert-OH is 1. The van der Waals surface area contributed by atoms with Crippen molar-refractivity contribution < 1.29 is 14.6 Å². The topological polar surface area (TPSA) is 50.7 Å². The van der Waals surface area contributed by atoms with E-state index in [1.54, 1.807) is 0 Å². The van der Waals surface area contributed by atoms with Crippen LogP contribution in [-0.2, 0) is 11.8 Å². The van der Waals surface area contributed by atoms with Gasteiger partial charge in [-0.2, -0.15) is 0 Å². The molecule has 0 radical (unpaired) electrons. The Balaban J connectivity index is 1.78. The second kappa shape index (κ2) is 4.17. The predicted molar refractivity (Wildman–Crippen MR) is 82.6 cm³/mol. The second-order valence-corrected chi connectivity index (χ2v) is 6.22. The molecule has 2 atom stereocenters. The smallest absolute Gasteiger partial charge is 0.138 e. The highest BCUT2D eigenvalue weighted by atomic mass is 16.5. The molecule has 2 unspecified atom stereocenters. The van der Waals surface area contributed by atoms with E-state index in [1.807, 2.05) is 24.3 Å². The SMILES string of the molecule is OC1Nc2ccccc2C12CCOc1cc3c(cc12)CCO3. The number of aliphatic hydroxyl groups is 1. The van der Waals surface area contributed by atoms with Gasteiger partial charge in [0, 0.05) is 23.7 Å². The maximum Gasteiger partial charge on any atom is 0.138 e. The minimum atomic E-state index is -0.632. The highest BCUT2D eigenvalue weighted by Crippen LogP contribution is 2.53. The summed E-state index contributed by atoms with van der Waals surface area (Å²) in [4.78, 5) is 0. The summed E-state index contributed by atoms with van der Waals surface area (Å²) in [7, 11) is 0. The van der Waals surface area contributed by atoms with Gasteiger partial charge in [0.25, 0.3) is 0 Å². The molecule has 0 saturated heterocycles. The summed E-state index contributed by atoms with van der Waals surface area (Å²) >= 11 is 0. The summed E-state index contributed by atoms with van der Waals surface area (Å²) in [6.07, 6.45) is 1.06. The number of anilines is 1. The van der Waals surface area contributed by atoms with Gasteiger partial charge in [0.2, 0.25) is 0 Å². The van der Waals surface area contributed by atoms with Crippen LogP contribution in [0.3, 0.4) is 0 Å². The number of hydrogen-bond acceptors (Lipinski definition) is 4. The molecule has 0 amide bonds. The number of ether oxygens (including phenoxy) is 2. The molecule has 2 aromatic carbocycles. The lowest BCUT2D eigenvalue weighted by molar-refractivity contribution is 0.103. The first-order valence-corrected chi connectivity index (χ1v) is 7.76. The average molecular weight is 295 g/mol. The molecule has 2 N–H and O–H groups in total. The molecule has 0 fully saturated rings. The van der Waals surface area contributed by atoms with Gasteiger partial charge < -0.3 is 19.9 Å². The van der Waals surface area contributed by atoms with Gasteiger partial charge >= 0.3 is 0 Å². The van der Waals surface area contributed by atoms with E-state index in [0.29, 0.717) is 6.61 Å². The zero-order chi connectivity index (χ0) is 14.7. The van der Waals surface area contributed by atoms with Crippen molar-refractivity contribution >= 4 is 5.69 Å². The first kappa shape index (κ1) is 12.4. The molecule has 3 heterocycles. The molecule has 4 nitrogen and oxygen atoms in total. The lowest BCUT2D eigenvalue weighted by Crippen LogP contribution is -2.43. The van der Waals surface area contributed by atoms with E-state index in [4.69, 9.17) is 9.47 Å². The Morgan fingerprint density at radius 3 is 2.86 bits per heavy atom. The van der Waals surface area contributed by atoms with E-state index in [-0.39, 0.29) is 0 Å². The molecule has 0 bridgehead atoms. The molecule has 5 rings (SSSR count). The third-order valence-electron chi connectivity index (χ3n) is 5.19. The lowest BCUT2D eigenvalue weighted by Gasteiger charge is -2.38. The maximum absolute atomic E-state index is 10.8. The normalized spacial score (nSPS) is 27.4. The van der Waals surface area contributed by atoms with Crippen LogP contribution in [-0.4, -0.2) is 24.5 Å². The van der Waals surface area contributed by atoms with Crippen molar-refractivity contribution in [1.82, 2.24) is 0 Å². The van der Waals surface area contributed by atoms with Crippen LogP contribution in [0.15, 0.2) is 36.4 Å². The summed E-state index contributed by atoms with van der Waals surface area (Å²) in [6.45, 7) is 1.32. The molecule has 22 heavy (non-hydrogen) atoms. The highest BCUT2D eigenvalue weighted by Gasteiger charge is 2.51. The van der Waals surface area contributed by atoms with Crippen LogP contribution in [0.5, 0.6) is 11.5 Å². The van der Waals surface area contributed by atoms with Gasteiger partial charge in [-0.25, -0.2) is 0 Å². The lowest BCUT2D eigenvalue weighted by atomic mass is 9.70. The van der Waals surface area contributed by atoms with Crippen LogP contribution in [0.25, 0.3) is 0 Å². The molecule has 3 aliphatic rings. The molecule has 0 aromatic heterocycles. The van der Waals surface area contributed by atoms with Gasteiger partial charge in [0.05, 0.1) is 18.6 Å². The second-order valence-electron chi connectivity index (χ2n) is 6.22. The van der Waals surface area contributed by atoms with Crippen LogP contribution in [0.2, 0.25) is 0 Å². The van der Waals surface area contributed by atoms with Crippen molar-refractivity contribution in [2.75, 3.05) is 18.5 Å². The van der Waals surface area contributed by atoms with E-state index in [1.165, 1.54) is 5.56 Å². The fourth-order valence-electron chi connectivity index (χ4n) is 4.11. The quantitative estimate of drug-likeness (QED) is 0.784. The van der Waals surface area contributed by atoms with E-state index in [2.05, 4.69) is 17.4 Å². The molecule has 1 spiro atoms. The van der Waals surface area contributed by atoms with Crippen molar-refractivity contribution in [2.45, 2.75) is 24.5 Å². The van der Waals surface area contributed by atoms with Gasteiger partial charge in [-0.15, -0.1) is 0 Å². The molecular weight excluding hydrogens is 278 g/mol. The first-order chi connectivity index (χ1) is 10.8. The standard InChI is InChI=1S/C18H17NO3/c20-17-18(12-3-1-2-4-14(12)19-17)6-8-22-16-10-15-11(5-7-21-15)9-13(16)18/h1-4,9-10,17,19-20H,5-8H2. The largest absolute Gasteiger partial charge is 0.493 e. The summed E-state index contributed by atoms with van der Waals surface area (Å²) in [5.74, 6) is 1.76. The summed E-state index contributed by atoms with van der Waals surface area (Å²) in [5.41, 5.74) is 4.03. The first-order valence-electron chi connectivity index (χ1n) is 7.76. The number of para-hydroxylation sites is 1. The Bertz CT molecular complexity index is 773. The zero-order valence-corrected chi connectivity index (χ0v) is 12.1. The molecule has 4 heteroatoms. The third kappa shape index (κ3) is 1.40. The van der Waals surface area contributed by atoms with Gasteiger partial charge in [-0.1, -0.05) is 18.2 Å². The number of rotatable bonds is 0. The van der Waals surface area contributed by atoms with Crippen LogP contribution in [0, 0.1) is 0 Å². The average Bonchev–Trinajstić information content (AvgIpc) is 3.09. The summed E-state index contributed by atoms with van der Waals surface area (Å²) in [6, 6.07) is 12.3. The van der Waals surface area contributed by atoms with Crippen molar-refractivity contribution in [3.8, 4) is 11.5 Å². The monoisotopic (exact) mass is 295 g/mol.